The molecular weight excluding hydrogens is 350 g/mol. The minimum atomic E-state index is -3.80. The topological polar surface area (TPSA) is 92.1 Å². The number of rotatable bonds is 3. The fourth-order valence-electron chi connectivity index (χ4n) is 2.52. The number of aryl methyl sites for hydroxylation is 1. The monoisotopic (exact) mass is 361 g/mol. The summed E-state index contributed by atoms with van der Waals surface area (Å²) in [5, 5.41) is 5.19. The summed E-state index contributed by atoms with van der Waals surface area (Å²) in [5.41, 5.74) is 2.19. The second-order valence-electron chi connectivity index (χ2n) is 5.34. The Morgan fingerprint density at radius 1 is 1.29 bits per heavy atom. The minimum absolute atomic E-state index is 0.140. The molecule has 7 nitrogen and oxygen atoms in total. The number of hydrogen-bond acceptors (Lipinski definition) is 4. The van der Waals surface area contributed by atoms with Gasteiger partial charge in [-0.15, -0.1) is 0 Å². The number of halogens is 1. The van der Waals surface area contributed by atoms with Crippen molar-refractivity contribution in [2.75, 3.05) is 4.72 Å². The van der Waals surface area contributed by atoms with Crippen molar-refractivity contribution in [1.29, 1.82) is 0 Å². The van der Waals surface area contributed by atoms with Gasteiger partial charge in [0.15, 0.2) is 5.65 Å². The molecule has 0 aliphatic carbocycles. The van der Waals surface area contributed by atoms with Crippen molar-refractivity contribution in [2.24, 2.45) is 0 Å². The average Bonchev–Trinajstić information content (AvgIpc) is 3.11. The molecule has 24 heavy (non-hydrogen) atoms. The molecule has 3 heterocycles. The van der Waals surface area contributed by atoms with Crippen molar-refractivity contribution in [2.45, 2.75) is 11.8 Å². The van der Waals surface area contributed by atoms with Gasteiger partial charge in [0.1, 0.15) is 10.6 Å². The molecule has 0 atom stereocenters. The largest absolute Gasteiger partial charge is 0.360 e. The molecule has 0 aliphatic rings. The van der Waals surface area contributed by atoms with Crippen LogP contribution in [0.2, 0.25) is 5.02 Å². The van der Waals surface area contributed by atoms with Crippen LogP contribution in [0.15, 0.2) is 47.8 Å². The quantitative estimate of drug-likeness (QED) is 0.586. The van der Waals surface area contributed by atoms with E-state index in [0.29, 0.717) is 27.3 Å². The summed E-state index contributed by atoms with van der Waals surface area (Å²) in [6.07, 6.45) is 4.60. The van der Waals surface area contributed by atoms with Crippen molar-refractivity contribution >= 4 is 43.9 Å². The average molecular weight is 362 g/mol. The predicted molar refractivity (Wildman–Crippen MR) is 91.8 cm³/mol. The number of aromatic amines is 1. The van der Waals surface area contributed by atoms with Crippen molar-refractivity contribution in [1.82, 2.24) is 19.6 Å². The van der Waals surface area contributed by atoms with Crippen LogP contribution in [-0.4, -0.2) is 28.0 Å². The molecule has 4 rings (SSSR count). The smallest absolute Gasteiger partial charge is 0.264 e. The van der Waals surface area contributed by atoms with Crippen LogP contribution < -0.4 is 4.72 Å². The lowest BCUT2D eigenvalue weighted by molar-refractivity contribution is 0.602. The molecule has 0 aliphatic heterocycles. The first kappa shape index (κ1) is 15.0. The summed E-state index contributed by atoms with van der Waals surface area (Å²) in [4.78, 5) is 7.38. The van der Waals surface area contributed by atoms with E-state index < -0.39 is 10.0 Å². The molecule has 0 spiro atoms. The van der Waals surface area contributed by atoms with Crippen LogP contribution in [0.1, 0.15) is 5.69 Å². The van der Waals surface area contributed by atoms with Crippen molar-refractivity contribution in [3.63, 3.8) is 0 Å². The van der Waals surface area contributed by atoms with Crippen LogP contribution in [0.4, 0.5) is 5.69 Å². The van der Waals surface area contributed by atoms with Gasteiger partial charge in [0, 0.05) is 34.0 Å². The Morgan fingerprint density at radius 2 is 2.12 bits per heavy atom. The molecule has 1 aromatic carbocycles. The highest BCUT2D eigenvalue weighted by atomic mass is 35.5. The van der Waals surface area contributed by atoms with E-state index in [1.807, 2.05) is 6.92 Å². The third-order valence-electron chi connectivity index (χ3n) is 3.65. The number of nitrogens with one attached hydrogen (secondary N) is 2. The van der Waals surface area contributed by atoms with Gasteiger partial charge in [-0.2, -0.15) is 5.10 Å². The lowest BCUT2D eigenvalue weighted by atomic mass is 10.2. The molecule has 2 N–H and O–H groups in total. The molecule has 0 saturated heterocycles. The number of nitrogens with zero attached hydrogens (tertiary/aromatic N) is 3. The Hall–Kier alpha value is -2.58. The summed E-state index contributed by atoms with van der Waals surface area (Å²) in [7, 11) is -3.80. The highest BCUT2D eigenvalue weighted by Crippen LogP contribution is 2.27. The van der Waals surface area contributed by atoms with Gasteiger partial charge in [-0.3, -0.25) is 4.72 Å². The van der Waals surface area contributed by atoms with Gasteiger partial charge in [0.25, 0.3) is 10.0 Å². The lowest BCUT2D eigenvalue weighted by Gasteiger charge is -2.05. The standard InChI is InChI=1S/C15H12ClN5O2S/c1-9-4-5-21-15(19-9)13(7-18-21)20-24(22,23)14-8-17-12-6-10(16)2-3-11(12)14/h2-8,17,20H,1H3. The van der Waals surface area contributed by atoms with E-state index in [4.69, 9.17) is 11.6 Å². The molecular formula is C15H12ClN5O2S. The maximum absolute atomic E-state index is 12.8. The lowest BCUT2D eigenvalue weighted by Crippen LogP contribution is -2.12. The normalized spacial score (nSPS) is 12.1. The first-order valence-electron chi connectivity index (χ1n) is 7.04. The van der Waals surface area contributed by atoms with Gasteiger partial charge in [0.05, 0.1) is 6.20 Å². The van der Waals surface area contributed by atoms with E-state index >= 15 is 0 Å². The van der Waals surface area contributed by atoms with Gasteiger partial charge in [-0.05, 0) is 31.2 Å². The Bertz CT molecular complexity index is 1180. The van der Waals surface area contributed by atoms with Crippen LogP contribution in [0, 0.1) is 6.92 Å². The van der Waals surface area contributed by atoms with Gasteiger partial charge in [-0.1, -0.05) is 11.6 Å². The molecule has 3 aromatic heterocycles. The van der Waals surface area contributed by atoms with Crippen LogP contribution in [0.3, 0.4) is 0 Å². The van der Waals surface area contributed by atoms with E-state index in [1.54, 1.807) is 30.5 Å². The molecule has 0 amide bonds. The zero-order chi connectivity index (χ0) is 16.9. The highest BCUT2D eigenvalue weighted by Gasteiger charge is 2.21. The maximum atomic E-state index is 12.8. The summed E-state index contributed by atoms with van der Waals surface area (Å²) >= 11 is 5.93. The molecule has 0 unspecified atom stereocenters. The van der Waals surface area contributed by atoms with E-state index in [9.17, 15) is 8.42 Å². The third kappa shape index (κ3) is 2.40. The van der Waals surface area contributed by atoms with Gasteiger partial charge >= 0.3 is 0 Å². The number of H-pyrrole nitrogens is 1. The number of hydrogen-bond donors (Lipinski definition) is 2. The second-order valence-corrected chi connectivity index (χ2v) is 7.43. The first-order valence-corrected chi connectivity index (χ1v) is 8.90. The minimum Gasteiger partial charge on any atom is -0.360 e. The van der Waals surface area contributed by atoms with Gasteiger partial charge in [0.2, 0.25) is 0 Å². The maximum Gasteiger partial charge on any atom is 0.264 e. The van der Waals surface area contributed by atoms with Crippen LogP contribution in [0.5, 0.6) is 0 Å². The van der Waals surface area contributed by atoms with E-state index in [0.717, 1.165) is 5.69 Å². The summed E-state index contributed by atoms with van der Waals surface area (Å²) < 4.78 is 29.6. The Morgan fingerprint density at radius 3 is 2.96 bits per heavy atom. The van der Waals surface area contributed by atoms with Crippen molar-refractivity contribution in [3.05, 3.63) is 53.6 Å². The first-order chi connectivity index (χ1) is 11.4. The molecule has 9 heteroatoms. The number of aromatic nitrogens is 4. The fourth-order valence-corrected chi connectivity index (χ4v) is 3.92. The molecule has 0 saturated carbocycles. The highest BCUT2D eigenvalue weighted by molar-refractivity contribution is 7.93. The van der Waals surface area contributed by atoms with Crippen molar-refractivity contribution in [3.8, 4) is 0 Å². The molecule has 4 aromatic rings. The van der Waals surface area contributed by atoms with Gasteiger partial charge in [-0.25, -0.2) is 17.9 Å². The number of sulfonamides is 1. The zero-order valence-corrected chi connectivity index (χ0v) is 14.1. The van der Waals surface area contributed by atoms with E-state index in [-0.39, 0.29) is 4.90 Å². The molecule has 122 valence electrons. The zero-order valence-electron chi connectivity index (χ0n) is 12.5. The van der Waals surface area contributed by atoms with E-state index in [1.165, 1.54) is 16.9 Å². The van der Waals surface area contributed by atoms with Gasteiger partial charge < -0.3 is 4.98 Å². The second kappa shape index (κ2) is 5.22. The van der Waals surface area contributed by atoms with Crippen LogP contribution in [-0.2, 0) is 10.0 Å². The Labute approximate surface area is 142 Å². The SMILES string of the molecule is Cc1ccn2ncc(NS(=O)(=O)c3c[nH]c4cc(Cl)ccc34)c2n1. The van der Waals surface area contributed by atoms with Crippen LogP contribution >= 0.6 is 11.6 Å². The number of benzene rings is 1. The summed E-state index contributed by atoms with van der Waals surface area (Å²) in [6.45, 7) is 1.83. The number of anilines is 1. The Balaban J connectivity index is 1.80. The van der Waals surface area contributed by atoms with E-state index in [2.05, 4.69) is 19.8 Å². The molecule has 0 radical (unpaired) electrons. The fraction of sp³-hybridized carbons (Fsp3) is 0.0667. The molecule has 0 fully saturated rings. The summed E-state index contributed by atoms with van der Waals surface area (Å²) in [6, 6.07) is 6.79. The Kier molecular flexibility index (Phi) is 3.26. The number of fused-ring (bicyclic) bond motifs is 2. The molecule has 0 bridgehead atoms. The van der Waals surface area contributed by atoms with Crippen LogP contribution in [0.25, 0.3) is 16.6 Å². The third-order valence-corrected chi connectivity index (χ3v) is 5.29. The predicted octanol–water partition coefficient (Wildman–Crippen LogP) is 2.97. The van der Waals surface area contributed by atoms with Crippen molar-refractivity contribution < 1.29 is 8.42 Å². The summed E-state index contributed by atoms with van der Waals surface area (Å²) in [5.74, 6) is 0.